The molecule has 0 spiro atoms. The van der Waals surface area contributed by atoms with Crippen molar-refractivity contribution in [3.8, 4) is 0 Å². The lowest BCUT2D eigenvalue weighted by Gasteiger charge is -2.27. The minimum absolute atomic E-state index is 0.112. The third kappa shape index (κ3) is 6.43. The summed E-state index contributed by atoms with van der Waals surface area (Å²) in [5.41, 5.74) is 3.72. The number of halogens is 1. The number of carbonyl (C=O) groups is 1. The number of nitrogens with one attached hydrogen (secondary N) is 2. The van der Waals surface area contributed by atoms with Crippen LogP contribution in [0.4, 0.5) is 23.3 Å². The van der Waals surface area contributed by atoms with Gasteiger partial charge in [0.1, 0.15) is 0 Å². The molecule has 0 unspecified atom stereocenters. The van der Waals surface area contributed by atoms with Crippen LogP contribution in [-0.2, 0) is 9.53 Å². The van der Waals surface area contributed by atoms with E-state index >= 15 is 0 Å². The number of rotatable bonds is 7. The molecule has 1 saturated heterocycles. The van der Waals surface area contributed by atoms with Crippen LogP contribution in [0.25, 0.3) is 0 Å². The molecule has 2 N–H and O–H groups in total. The van der Waals surface area contributed by atoms with Crippen molar-refractivity contribution in [2.24, 2.45) is 0 Å². The van der Waals surface area contributed by atoms with E-state index in [9.17, 15) is 4.79 Å². The molecule has 2 aromatic carbocycles. The number of para-hydroxylation sites is 1. The number of carbonyl (C=O) groups excluding carboxylic acids is 1. The zero-order valence-electron chi connectivity index (χ0n) is 18.5. The van der Waals surface area contributed by atoms with Crippen LogP contribution in [0.15, 0.2) is 52.1 Å². The van der Waals surface area contributed by atoms with E-state index in [-0.39, 0.29) is 11.7 Å². The van der Waals surface area contributed by atoms with Crippen LogP contribution in [0.1, 0.15) is 11.1 Å². The van der Waals surface area contributed by atoms with Crippen molar-refractivity contribution in [3.63, 3.8) is 0 Å². The smallest absolute Gasteiger partial charge is 0.234 e. The van der Waals surface area contributed by atoms with Crippen LogP contribution in [-0.4, -0.2) is 52.9 Å². The first kappa shape index (κ1) is 23.5. The molecule has 1 amide bonds. The summed E-state index contributed by atoms with van der Waals surface area (Å²) in [5, 5.41) is 6.74. The third-order valence-electron chi connectivity index (χ3n) is 5.02. The predicted octanol–water partition coefficient (Wildman–Crippen LogP) is 4.56. The van der Waals surface area contributed by atoms with Gasteiger partial charge in [-0.15, -0.1) is 0 Å². The van der Waals surface area contributed by atoms with Crippen molar-refractivity contribution in [3.05, 3.63) is 58.1 Å². The molecule has 33 heavy (non-hydrogen) atoms. The van der Waals surface area contributed by atoms with Crippen molar-refractivity contribution >= 4 is 56.9 Å². The lowest BCUT2D eigenvalue weighted by atomic mass is 10.1. The molecule has 0 aliphatic carbocycles. The molecular weight excluding hydrogens is 504 g/mol. The summed E-state index contributed by atoms with van der Waals surface area (Å²) < 4.78 is 6.44. The zero-order chi connectivity index (χ0) is 23.2. The number of aryl methyl sites for hydroxylation is 2. The van der Waals surface area contributed by atoms with E-state index < -0.39 is 0 Å². The van der Waals surface area contributed by atoms with Gasteiger partial charge in [-0.25, -0.2) is 0 Å². The molecule has 8 nitrogen and oxygen atoms in total. The number of hydrogen-bond acceptors (Lipinski definition) is 8. The summed E-state index contributed by atoms with van der Waals surface area (Å²) in [7, 11) is 0. The Balaban J connectivity index is 1.49. The van der Waals surface area contributed by atoms with Gasteiger partial charge in [0.25, 0.3) is 0 Å². The summed E-state index contributed by atoms with van der Waals surface area (Å²) in [4.78, 5) is 28.5. The van der Waals surface area contributed by atoms with E-state index in [1.54, 1.807) is 0 Å². The Morgan fingerprint density at radius 3 is 2.48 bits per heavy atom. The monoisotopic (exact) mass is 528 g/mol. The van der Waals surface area contributed by atoms with Crippen molar-refractivity contribution in [2.75, 3.05) is 47.6 Å². The van der Waals surface area contributed by atoms with Gasteiger partial charge in [-0.1, -0.05) is 45.9 Å². The molecule has 0 atom stereocenters. The fourth-order valence-corrected chi connectivity index (χ4v) is 4.75. The number of nitrogens with zero attached hydrogens (tertiary/aromatic N) is 4. The Kier molecular flexibility index (Phi) is 7.79. The van der Waals surface area contributed by atoms with Gasteiger partial charge in [-0.2, -0.15) is 15.0 Å². The zero-order valence-corrected chi connectivity index (χ0v) is 20.9. The number of benzene rings is 2. The molecule has 0 radical (unpaired) electrons. The van der Waals surface area contributed by atoms with Gasteiger partial charge in [0.05, 0.1) is 19.0 Å². The Bertz CT molecular complexity index is 1100. The molecule has 3 aromatic rings. The lowest BCUT2D eigenvalue weighted by molar-refractivity contribution is -0.113. The number of aromatic nitrogens is 3. The lowest BCUT2D eigenvalue weighted by Crippen LogP contribution is -2.37. The normalized spacial score (nSPS) is 13.6. The molecule has 1 aromatic heterocycles. The Labute approximate surface area is 205 Å². The van der Waals surface area contributed by atoms with E-state index in [0.29, 0.717) is 43.4 Å². The Morgan fingerprint density at radius 1 is 1.09 bits per heavy atom. The second-order valence-corrected chi connectivity index (χ2v) is 9.44. The maximum absolute atomic E-state index is 12.7. The van der Waals surface area contributed by atoms with Crippen LogP contribution < -0.4 is 15.5 Å². The van der Waals surface area contributed by atoms with Crippen molar-refractivity contribution in [2.45, 2.75) is 19.0 Å². The van der Waals surface area contributed by atoms with Crippen LogP contribution in [0.5, 0.6) is 0 Å². The Morgan fingerprint density at radius 2 is 1.79 bits per heavy atom. The van der Waals surface area contributed by atoms with Gasteiger partial charge < -0.3 is 20.3 Å². The fourth-order valence-electron chi connectivity index (χ4n) is 3.44. The third-order valence-corrected chi connectivity index (χ3v) is 6.33. The standard InChI is InChI=1S/C23H25BrN6O2S/c1-15-12-17(24)13-16(2)20(15)26-19(31)14-33-23-28-21(25-18-6-4-3-5-7-18)27-22(29-23)30-8-10-32-11-9-30/h3-7,12-13H,8-11,14H2,1-2H3,(H,26,31)(H,25,27,28,29). The molecule has 172 valence electrons. The highest BCUT2D eigenvalue weighted by Crippen LogP contribution is 2.26. The molecule has 1 aliphatic heterocycles. The average Bonchev–Trinajstić information content (AvgIpc) is 2.81. The predicted molar refractivity (Wildman–Crippen MR) is 136 cm³/mol. The summed E-state index contributed by atoms with van der Waals surface area (Å²) in [5.74, 6) is 1.10. The van der Waals surface area contributed by atoms with Crippen molar-refractivity contribution in [1.82, 2.24) is 15.0 Å². The number of hydrogen-bond donors (Lipinski definition) is 2. The van der Waals surface area contributed by atoms with Gasteiger partial charge in [0.2, 0.25) is 17.8 Å². The highest BCUT2D eigenvalue weighted by Gasteiger charge is 2.18. The number of ether oxygens (including phenoxy) is 1. The van der Waals surface area contributed by atoms with Gasteiger partial charge in [0, 0.05) is 28.9 Å². The average molecular weight is 529 g/mol. The summed E-state index contributed by atoms with van der Waals surface area (Å²) >= 11 is 4.77. The maximum atomic E-state index is 12.7. The summed E-state index contributed by atoms with van der Waals surface area (Å²) in [6, 6.07) is 13.7. The van der Waals surface area contributed by atoms with E-state index in [4.69, 9.17) is 4.74 Å². The first-order chi connectivity index (χ1) is 16.0. The molecule has 1 aliphatic rings. The molecule has 2 heterocycles. The molecule has 0 saturated carbocycles. The highest BCUT2D eigenvalue weighted by molar-refractivity contribution is 9.10. The highest BCUT2D eigenvalue weighted by atomic mass is 79.9. The van der Waals surface area contributed by atoms with Crippen LogP contribution in [0, 0.1) is 13.8 Å². The molecule has 4 rings (SSSR count). The minimum atomic E-state index is -0.112. The second kappa shape index (κ2) is 11.0. The molecule has 10 heteroatoms. The van der Waals surface area contributed by atoms with E-state index in [0.717, 1.165) is 27.0 Å². The summed E-state index contributed by atoms with van der Waals surface area (Å²) in [6.45, 7) is 6.63. The molecule has 0 bridgehead atoms. The molecule has 1 fully saturated rings. The van der Waals surface area contributed by atoms with E-state index in [1.165, 1.54) is 11.8 Å². The van der Waals surface area contributed by atoms with Gasteiger partial charge in [0.15, 0.2) is 5.16 Å². The van der Waals surface area contributed by atoms with Gasteiger partial charge >= 0.3 is 0 Å². The van der Waals surface area contributed by atoms with Crippen LogP contribution in [0.2, 0.25) is 0 Å². The number of anilines is 4. The second-order valence-electron chi connectivity index (χ2n) is 7.58. The van der Waals surface area contributed by atoms with E-state index in [1.807, 2.05) is 56.3 Å². The number of thioether (sulfide) groups is 1. The topological polar surface area (TPSA) is 92.3 Å². The quantitative estimate of drug-likeness (QED) is 0.431. The van der Waals surface area contributed by atoms with Crippen molar-refractivity contribution in [1.29, 1.82) is 0 Å². The maximum Gasteiger partial charge on any atom is 0.234 e. The minimum Gasteiger partial charge on any atom is -0.378 e. The number of morpholine rings is 1. The van der Waals surface area contributed by atoms with Crippen LogP contribution in [0.3, 0.4) is 0 Å². The Hall–Kier alpha value is -2.69. The largest absolute Gasteiger partial charge is 0.378 e. The van der Waals surface area contributed by atoms with Crippen LogP contribution >= 0.6 is 27.7 Å². The SMILES string of the molecule is Cc1cc(Br)cc(C)c1NC(=O)CSc1nc(Nc2ccccc2)nc(N2CCOCC2)n1. The van der Waals surface area contributed by atoms with E-state index in [2.05, 4.69) is 46.4 Å². The first-order valence-corrected chi connectivity index (χ1v) is 12.4. The van der Waals surface area contributed by atoms with Gasteiger partial charge in [-0.3, -0.25) is 4.79 Å². The van der Waals surface area contributed by atoms with Gasteiger partial charge in [-0.05, 0) is 49.2 Å². The number of amides is 1. The summed E-state index contributed by atoms with van der Waals surface area (Å²) in [6.07, 6.45) is 0. The first-order valence-electron chi connectivity index (χ1n) is 10.6. The fraction of sp³-hybridized carbons (Fsp3) is 0.304. The van der Waals surface area contributed by atoms with Crippen molar-refractivity contribution < 1.29 is 9.53 Å². The molecular formula is C23H25BrN6O2S.